The fraction of sp³-hybridized carbons (Fsp3) is 0.385. The van der Waals surface area contributed by atoms with Gasteiger partial charge in [0.1, 0.15) is 0 Å². The average molecular weight is 281 g/mol. The van der Waals surface area contributed by atoms with Gasteiger partial charge in [0, 0.05) is 0 Å². The molecule has 0 atom stereocenters. The first-order chi connectivity index (χ1) is 9.58. The Morgan fingerprint density at radius 3 is 2.25 bits per heavy atom. The van der Waals surface area contributed by atoms with Gasteiger partial charge in [-0.2, -0.15) is 0 Å². The molecule has 108 valence electrons. The highest BCUT2D eigenvalue weighted by Gasteiger charge is 2.38. The number of rotatable bonds is 3. The van der Waals surface area contributed by atoms with Gasteiger partial charge in [0.25, 0.3) is 5.91 Å². The number of benzene rings is 1. The van der Waals surface area contributed by atoms with Crippen molar-refractivity contribution in [1.29, 1.82) is 0 Å². The maximum atomic E-state index is 12.3. The number of ether oxygens (including phenoxy) is 4. The van der Waals surface area contributed by atoms with Crippen molar-refractivity contribution in [2.75, 3.05) is 28.4 Å². The Kier molecular flexibility index (Phi) is 3.69. The zero-order valence-electron chi connectivity index (χ0n) is 11.7. The maximum Gasteiger partial charge on any atom is 0.416 e. The number of hydrogen-bond donors (Lipinski definition) is 0. The smallest absolute Gasteiger partial charge is 0.416 e. The van der Waals surface area contributed by atoms with Crippen LogP contribution >= 0.6 is 0 Å². The molecule has 7 heteroatoms. The number of fused-ring (bicyclic) bond motifs is 1. The molecular weight excluding hydrogens is 266 g/mol. The van der Waals surface area contributed by atoms with E-state index in [4.69, 9.17) is 14.2 Å². The predicted molar refractivity (Wildman–Crippen MR) is 68.4 cm³/mol. The minimum atomic E-state index is -0.716. The summed E-state index contributed by atoms with van der Waals surface area (Å²) in [6.45, 7) is 0.109. The van der Waals surface area contributed by atoms with Crippen LogP contribution in [0.15, 0.2) is 6.07 Å². The fourth-order valence-corrected chi connectivity index (χ4v) is 2.20. The van der Waals surface area contributed by atoms with Crippen molar-refractivity contribution >= 4 is 12.0 Å². The van der Waals surface area contributed by atoms with Crippen molar-refractivity contribution in [1.82, 2.24) is 4.90 Å². The molecule has 0 saturated heterocycles. The fourth-order valence-electron chi connectivity index (χ4n) is 2.20. The first-order valence-corrected chi connectivity index (χ1v) is 5.80. The summed E-state index contributed by atoms with van der Waals surface area (Å²) in [4.78, 5) is 24.9. The van der Waals surface area contributed by atoms with Crippen LogP contribution in [0.2, 0.25) is 0 Å². The first kappa shape index (κ1) is 14.0. The average Bonchev–Trinajstić information content (AvgIpc) is 2.81. The zero-order valence-corrected chi connectivity index (χ0v) is 11.7. The number of methoxy groups -OCH3 is 4. The minimum Gasteiger partial charge on any atom is -0.493 e. The van der Waals surface area contributed by atoms with E-state index in [0.29, 0.717) is 17.1 Å². The van der Waals surface area contributed by atoms with Crippen LogP contribution in [0.25, 0.3) is 0 Å². The summed E-state index contributed by atoms with van der Waals surface area (Å²) in [7, 11) is 5.57. The van der Waals surface area contributed by atoms with Crippen molar-refractivity contribution < 1.29 is 28.5 Å². The summed E-state index contributed by atoms with van der Waals surface area (Å²) in [6, 6.07) is 1.65. The molecule has 0 unspecified atom stereocenters. The van der Waals surface area contributed by atoms with Gasteiger partial charge in [0.2, 0.25) is 5.75 Å². The largest absolute Gasteiger partial charge is 0.493 e. The Bertz CT molecular complexity index is 568. The van der Waals surface area contributed by atoms with Crippen LogP contribution in [0.5, 0.6) is 17.2 Å². The molecule has 2 amide bonds. The normalized spacial score (nSPS) is 13.0. The second-order valence-corrected chi connectivity index (χ2v) is 4.04. The molecule has 0 spiro atoms. The number of nitrogens with zero attached hydrogens (tertiary/aromatic N) is 1. The number of imide groups is 1. The zero-order chi connectivity index (χ0) is 14.9. The molecule has 1 aromatic rings. The molecule has 2 rings (SSSR count). The molecule has 1 aliphatic rings. The van der Waals surface area contributed by atoms with E-state index in [9.17, 15) is 9.59 Å². The van der Waals surface area contributed by atoms with Crippen LogP contribution in [-0.4, -0.2) is 45.3 Å². The van der Waals surface area contributed by atoms with Gasteiger partial charge < -0.3 is 18.9 Å². The minimum absolute atomic E-state index is 0.109. The van der Waals surface area contributed by atoms with E-state index in [0.717, 1.165) is 4.90 Å². The van der Waals surface area contributed by atoms with E-state index in [1.165, 1.54) is 28.4 Å². The van der Waals surface area contributed by atoms with Crippen LogP contribution in [0.3, 0.4) is 0 Å². The third-order valence-corrected chi connectivity index (χ3v) is 3.09. The van der Waals surface area contributed by atoms with Gasteiger partial charge in [-0.25, -0.2) is 9.69 Å². The van der Waals surface area contributed by atoms with Crippen LogP contribution in [0, 0.1) is 0 Å². The molecule has 1 aliphatic heterocycles. The molecule has 20 heavy (non-hydrogen) atoms. The van der Waals surface area contributed by atoms with E-state index in [1.807, 2.05) is 0 Å². The summed E-state index contributed by atoms with van der Waals surface area (Å²) < 4.78 is 20.3. The monoisotopic (exact) mass is 281 g/mol. The lowest BCUT2D eigenvalue weighted by Gasteiger charge is -2.14. The van der Waals surface area contributed by atoms with Crippen LogP contribution in [0.1, 0.15) is 15.9 Å². The lowest BCUT2D eigenvalue weighted by molar-refractivity contribution is 0.0726. The lowest BCUT2D eigenvalue weighted by atomic mass is 10.1. The van der Waals surface area contributed by atoms with Gasteiger partial charge in [-0.15, -0.1) is 0 Å². The van der Waals surface area contributed by atoms with Crippen molar-refractivity contribution in [3.05, 3.63) is 17.2 Å². The Morgan fingerprint density at radius 2 is 1.75 bits per heavy atom. The molecule has 0 N–H and O–H groups in total. The second-order valence-electron chi connectivity index (χ2n) is 4.04. The highest BCUT2D eigenvalue weighted by atomic mass is 16.5. The van der Waals surface area contributed by atoms with Gasteiger partial charge in [0.15, 0.2) is 11.5 Å². The third kappa shape index (κ3) is 1.91. The standard InChI is InChI=1S/C13H15NO6/c1-17-8-5-7-6-14(13(16)20-4)12(15)9(7)11(19-3)10(8)18-2/h5H,6H2,1-4H3. The van der Waals surface area contributed by atoms with E-state index in [2.05, 4.69) is 4.74 Å². The van der Waals surface area contributed by atoms with E-state index < -0.39 is 12.0 Å². The highest BCUT2D eigenvalue weighted by Crippen LogP contribution is 2.45. The molecular formula is C13H15NO6. The topological polar surface area (TPSA) is 74.3 Å². The molecule has 0 saturated carbocycles. The molecule has 1 aromatic carbocycles. The van der Waals surface area contributed by atoms with Gasteiger partial charge in [-0.1, -0.05) is 0 Å². The molecule has 1 heterocycles. The number of carbonyl (C=O) groups is 2. The summed E-state index contributed by atoms with van der Waals surface area (Å²) in [5.41, 5.74) is 0.908. The SMILES string of the molecule is COC(=O)N1Cc2cc(OC)c(OC)c(OC)c2C1=O. The Labute approximate surface area is 116 Å². The molecule has 0 fully saturated rings. The molecule has 0 aromatic heterocycles. The Hall–Kier alpha value is -2.44. The van der Waals surface area contributed by atoms with Crippen molar-refractivity contribution in [2.45, 2.75) is 6.54 Å². The van der Waals surface area contributed by atoms with E-state index in [-0.39, 0.29) is 17.9 Å². The van der Waals surface area contributed by atoms with Crippen molar-refractivity contribution in [3.8, 4) is 17.2 Å². The molecule has 0 aliphatic carbocycles. The van der Waals surface area contributed by atoms with Gasteiger partial charge in [0.05, 0.1) is 40.5 Å². The summed E-state index contributed by atoms with van der Waals surface area (Å²) >= 11 is 0. The van der Waals surface area contributed by atoms with Gasteiger partial charge >= 0.3 is 6.09 Å². The van der Waals surface area contributed by atoms with Crippen LogP contribution < -0.4 is 14.2 Å². The third-order valence-electron chi connectivity index (χ3n) is 3.09. The molecule has 0 bridgehead atoms. The number of hydrogen-bond acceptors (Lipinski definition) is 6. The summed E-state index contributed by atoms with van der Waals surface area (Å²) in [6.07, 6.45) is -0.716. The summed E-state index contributed by atoms with van der Waals surface area (Å²) in [5.74, 6) is 0.513. The molecule has 0 radical (unpaired) electrons. The van der Waals surface area contributed by atoms with Crippen LogP contribution in [0.4, 0.5) is 4.79 Å². The van der Waals surface area contributed by atoms with Crippen LogP contribution in [-0.2, 0) is 11.3 Å². The van der Waals surface area contributed by atoms with Gasteiger partial charge in [-0.3, -0.25) is 4.79 Å². The Balaban J connectivity index is 2.59. The quantitative estimate of drug-likeness (QED) is 0.834. The van der Waals surface area contributed by atoms with Gasteiger partial charge in [-0.05, 0) is 11.6 Å². The lowest BCUT2D eigenvalue weighted by Crippen LogP contribution is -2.31. The van der Waals surface area contributed by atoms with E-state index in [1.54, 1.807) is 6.07 Å². The van der Waals surface area contributed by atoms with Crippen molar-refractivity contribution in [2.24, 2.45) is 0 Å². The number of amides is 2. The number of carbonyl (C=O) groups excluding carboxylic acids is 2. The molecule has 7 nitrogen and oxygen atoms in total. The van der Waals surface area contributed by atoms with E-state index >= 15 is 0 Å². The second kappa shape index (κ2) is 5.28. The predicted octanol–water partition coefficient (Wildman–Crippen LogP) is 1.43. The Morgan fingerprint density at radius 1 is 1.10 bits per heavy atom. The van der Waals surface area contributed by atoms with Crippen molar-refractivity contribution in [3.63, 3.8) is 0 Å². The highest BCUT2D eigenvalue weighted by molar-refractivity contribution is 6.09. The first-order valence-electron chi connectivity index (χ1n) is 5.80. The summed E-state index contributed by atoms with van der Waals surface area (Å²) in [5, 5.41) is 0. The maximum absolute atomic E-state index is 12.3.